The van der Waals surface area contributed by atoms with Gasteiger partial charge in [-0.3, -0.25) is 0 Å². The smallest absolute Gasteiger partial charge is 0.207 e. The molecule has 2 bridgehead atoms. The maximum Gasteiger partial charge on any atom is 0.417 e. The van der Waals surface area contributed by atoms with E-state index >= 15 is 0 Å². The third kappa shape index (κ3) is 2.05. The maximum atomic E-state index is 13.6. The van der Waals surface area contributed by atoms with Crippen molar-refractivity contribution in [1.29, 1.82) is 0 Å². The lowest BCUT2D eigenvalue weighted by Gasteiger charge is -2.45. The highest BCUT2D eigenvalue weighted by molar-refractivity contribution is 7.89. The molecule has 1 aromatic rings. The van der Waals surface area contributed by atoms with E-state index in [1.165, 1.54) is 18.2 Å². The number of sulfonamides is 1. The van der Waals surface area contributed by atoms with Crippen LogP contribution in [0, 0.1) is 5.92 Å². The molecule has 3 nitrogen and oxygen atoms in total. The minimum atomic E-state index is -5.81. The fourth-order valence-corrected chi connectivity index (χ4v) is 5.46. The second-order valence-corrected chi connectivity index (χ2v) is 7.49. The van der Waals surface area contributed by atoms with Crippen LogP contribution in [0.5, 0.6) is 0 Å². The highest BCUT2D eigenvalue weighted by Crippen LogP contribution is 2.61. The summed E-state index contributed by atoms with van der Waals surface area (Å²) in [7, 11) is -5.00. The van der Waals surface area contributed by atoms with Crippen LogP contribution < -0.4 is 0 Å². The van der Waals surface area contributed by atoms with Crippen molar-refractivity contribution in [2.45, 2.75) is 35.2 Å². The Morgan fingerprint density at radius 3 is 2.00 bits per heavy atom. The molecular weight excluding hydrogens is 360 g/mol. The fourth-order valence-electron chi connectivity index (χ4n) is 3.49. The van der Waals surface area contributed by atoms with Crippen molar-refractivity contribution >= 4 is 10.0 Å². The number of halogens is 6. The Labute approximate surface area is 133 Å². The van der Waals surface area contributed by atoms with E-state index in [1.54, 1.807) is 0 Å². The molecule has 2 atom stereocenters. The van der Waals surface area contributed by atoms with E-state index in [9.17, 15) is 34.8 Å². The van der Waals surface area contributed by atoms with Gasteiger partial charge < -0.3 is 0 Å². The molecule has 0 amide bonds. The van der Waals surface area contributed by atoms with Gasteiger partial charge >= 0.3 is 12.4 Å². The first-order valence-electron chi connectivity index (χ1n) is 6.85. The molecule has 24 heavy (non-hydrogen) atoms. The summed E-state index contributed by atoms with van der Waals surface area (Å²) in [6, 6.07) is 4.35. The summed E-state index contributed by atoms with van der Waals surface area (Å²) in [5.41, 5.74) is -4.45. The molecule has 0 spiro atoms. The van der Waals surface area contributed by atoms with Crippen LogP contribution >= 0.6 is 0 Å². The molecule has 3 rings (SSSR count). The summed E-state index contributed by atoms with van der Waals surface area (Å²) in [5, 5.41) is 0. The van der Waals surface area contributed by atoms with Gasteiger partial charge in [-0.05, 0) is 18.6 Å². The van der Waals surface area contributed by atoms with Gasteiger partial charge in [0.1, 0.15) is 0 Å². The lowest BCUT2D eigenvalue weighted by molar-refractivity contribution is -0.331. The molecule has 1 heterocycles. The molecule has 0 unspecified atom stereocenters. The van der Waals surface area contributed by atoms with Crippen molar-refractivity contribution in [3.05, 3.63) is 42.5 Å². The standard InChI is InChI=1S/C14H11F6NO2S/c15-13(16,17)12(14(18,19)20)9-6-7-10(8-9)21(12)24(22,23)11-4-2-1-3-5-11/h1-7,9-10H,8H2/t9-,10-/m0/s1. The quantitative estimate of drug-likeness (QED) is 0.590. The van der Waals surface area contributed by atoms with Crippen LogP contribution in [0.4, 0.5) is 26.3 Å². The normalized spacial score (nSPS) is 26.9. The molecule has 1 fully saturated rings. The molecule has 2 aliphatic rings. The summed E-state index contributed by atoms with van der Waals surface area (Å²) >= 11 is 0. The van der Waals surface area contributed by atoms with Gasteiger partial charge in [-0.15, -0.1) is 0 Å². The number of rotatable bonds is 2. The van der Waals surface area contributed by atoms with Crippen molar-refractivity contribution in [2.75, 3.05) is 0 Å². The molecule has 0 N–H and O–H groups in total. The Balaban J connectivity index is 2.28. The van der Waals surface area contributed by atoms with E-state index in [0.717, 1.165) is 24.3 Å². The second kappa shape index (κ2) is 4.98. The van der Waals surface area contributed by atoms with Crippen LogP contribution in [0.2, 0.25) is 0 Å². The van der Waals surface area contributed by atoms with Crippen LogP contribution in [-0.4, -0.2) is 36.7 Å². The van der Waals surface area contributed by atoms with E-state index in [0.29, 0.717) is 0 Å². The van der Waals surface area contributed by atoms with Crippen LogP contribution in [0.3, 0.4) is 0 Å². The topological polar surface area (TPSA) is 37.4 Å². The average Bonchev–Trinajstić information content (AvgIpc) is 3.05. The van der Waals surface area contributed by atoms with Gasteiger partial charge in [0.15, 0.2) is 0 Å². The average molecular weight is 371 g/mol. The van der Waals surface area contributed by atoms with Crippen LogP contribution in [-0.2, 0) is 10.0 Å². The molecule has 1 saturated heterocycles. The summed E-state index contributed by atoms with van der Waals surface area (Å²) in [6.45, 7) is 0. The van der Waals surface area contributed by atoms with E-state index in [-0.39, 0.29) is 0 Å². The molecule has 1 aliphatic carbocycles. The van der Waals surface area contributed by atoms with Crippen LogP contribution in [0.25, 0.3) is 0 Å². The molecule has 132 valence electrons. The lowest BCUT2D eigenvalue weighted by atomic mass is 9.84. The second-order valence-electron chi connectivity index (χ2n) is 5.67. The van der Waals surface area contributed by atoms with Gasteiger partial charge in [-0.1, -0.05) is 30.4 Å². The predicted octanol–water partition coefficient (Wildman–Crippen LogP) is 3.50. The summed E-state index contributed by atoms with van der Waals surface area (Å²) < 4.78 is 106. The molecule has 1 aliphatic heterocycles. The molecule has 0 radical (unpaired) electrons. The van der Waals surface area contributed by atoms with Gasteiger partial charge in [0.05, 0.1) is 4.90 Å². The van der Waals surface area contributed by atoms with Crippen molar-refractivity contribution in [2.24, 2.45) is 5.92 Å². The van der Waals surface area contributed by atoms with Crippen molar-refractivity contribution < 1.29 is 34.8 Å². The highest BCUT2D eigenvalue weighted by atomic mass is 32.2. The zero-order valence-corrected chi connectivity index (χ0v) is 12.7. The van der Waals surface area contributed by atoms with Gasteiger partial charge in [-0.2, -0.15) is 30.6 Å². The van der Waals surface area contributed by atoms with Gasteiger partial charge in [0, 0.05) is 12.0 Å². The SMILES string of the molecule is O=S(=O)(c1ccccc1)N1[C@H]2C=C[C@@H](C2)C1(C(F)(F)F)C(F)(F)F. The Hall–Kier alpha value is -1.55. The van der Waals surface area contributed by atoms with E-state index < -0.39 is 55.5 Å². The molecule has 0 saturated carbocycles. The zero-order valence-electron chi connectivity index (χ0n) is 11.8. The largest absolute Gasteiger partial charge is 0.417 e. The van der Waals surface area contributed by atoms with Crippen LogP contribution in [0.1, 0.15) is 6.42 Å². The van der Waals surface area contributed by atoms with Gasteiger partial charge in [-0.25, -0.2) is 8.42 Å². The highest BCUT2D eigenvalue weighted by Gasteiger charge is 2.83. The Kier molecular flexibility index (Phi) is 3.58. The minimum Gasteiger partial charge on any atom is -0.207 e. The van der Waals surface area contributed by atoms with E-state index in [2.05, 4.69) is 0 Å². The monoisotopic (exact) mass is 371 g/mol. The molecule has 0 aromatic heterocycles. The predicted molar refractivity (Wildman–Crippen MR) is 71.3 cm³/mol. The minimum absolute atomic E-state index is 0.403. The van der Waals surface area contributed by atoms with E-state index in [4.69, 9.17) is 0 Å². The van der Waals surface area contributed by atoms with Gasteiger partial charge in [0.2, 0.25) is 15.6 Å². The van der Waals surface area contributed by atoms with Crippen molar-refractivity contribution in [3.8, 4) is 0 Å². The molecular formula is C14H11F6NO2S. The third-order valence-electron chi connectivity index (χ3n) is 4.41. The van der Waals surface area contributed by atoms with E-state index in [1.807, 2.05) is 0 Å². The number of hydrogen-bond donors (Lipinski definition) is 0. The first kappa shape index (κ1) is 17.3. The first-order chi connectivity index (χ1) is 10.9. The van der Waals surface area contributed by atoms with Crippen molar-refractivity contribution in [3.63, 3.8) is 0 Å². The number of nitrogens with zero attached hydrogens (tertiary/aromatic N) is 1. The summed E-state index contributed by atoms with van der Waals surface area (Å²) in [4.78, 5) is -0.608. The summed E-state index contributed by atoms with van der Waals surface area (Å²) in [6.07, 6.45) is -10.3. The number of hydrogen-bond acceptors (Lipinski definition) is 2. The lowest BCUT2D eigenvalue weighted by Crippen LogP contribution is -2.70. The Morgan fingerprint density at radius 1 is 0.958 bits per heavy atom. The Bertz CT molecular complexity index is 755. The Morgan fingerprint density at radius 2 is 1.50 bits per heavy atom. The number of fused-ring (bicyclic) bond motifs is 2. The molecule has 10 heteroatoms. The number of benzene rings is 1. The first-order valence-corrected chi connectivity index (χ1v) is 8.29. The maximum absolute atomic E-state index is 13.6. The van der Waals surface area contributed by atoms with Gasteiger partial charge in [0.25, 0.3) is 0 Å². The summed E-state index contributed by atoms with van der Waals surface area (Å²) in [5.74, 6) is -2.00. The van der Waals surface area contributed by atoms with Crippen LogP contribution in [0.15, 0.2) is 47.4 Å². The fraction of sp³-hybridized carbons (Fsp3) is 0.429. The van der Waals surface area contributed by atoms with Crippen molar-refractivity contribution in [1.82, 2.24) is 4.31 Å². The molecule has 1 aromatic carbocycles. The number of alkyl halides is 6. The third-order valence-corrected chi connectivity index (χ3v) is 6.36. The zero-order chi connectivity index (χ0) is 18.0.